The molecule has 3 aromatic rings. The zero-order valence-electron chi connectivity index (χ0n) is 11.2. The molecule has 0 bridgehead atoms. The van der Waals surface area contributed by atoms with Crippen LogP contribution in [0.4, 0.5) is 11.4 Å². The number of fused-ring (bicyclic) bond motifs is 1. The summed E-state index contributed by atoms with van der Waals surface area (Å²) >= 11 is 0. The van der Waals surface area contributed by atoms with E-state index in [9.17, 15) is 10.1 Å². The van der Waals surface area contributed by atoms with Crippen molar-refractivity contribution in [1.29, 1.82) is 0 Å². The molecule has 0 fully saturated rings. The predicted molar refractivity (Wildman–Crippen MR) is 82.2 cm³/mol. The molecule has 0 unspecified atom stereocenters. The Bertz CT molecular complexity index is 797. The van der Waals surface area contributed by atoms with E-state index in [4.69, 9.17) is 0 Å². The predicted octanol–water partition coefficient (Wildman–Crippen LogP) is 3.76. The van der Waals surface area contributed by atoms with E-state index in [0.717, 1.165) is 16.6 Å². The number of nitro benzene ring substituents is 1. The minimum absolute atomic E-state index is 0.128. The molecule has 3 rings (SSSR count). The summed E-state index contributed by atoms with van der Waals surface area (Å²) in [5, 5.41) is 15.3. The van der Waals surface area contributed by atoms with Crippen LogP contribution in [-0.4, -0.2) is 9.91 Å². The molecule has 0 amide bonds. The highest BCUT2D eigenvalue weighted by Gasteiger charge is 2.12. The molecule has 104 valence electrons. The van der Waals surface area contributed by atoms with Crippen LogP contribution in [0.5, 0.6) is 0 Å². The highest BCUT2D eigenvalue weighted by molar-refractivity contribution is 5.90. The van der Waals surface area contributed by atoms with Gasteiger partial charge < -0.3 is 5.32 Å². The largest absolute Gasteiger partial charge is 0.380 e. The lowest BCUT2D eigenvalue weighted by molar-refractivity contribution is -0.385. The van der Waals surface area contributed by atoms with Crippen molar-refractivity contribution in [2.24, 2.45) is 0 Å². The molecule has 0 saturated heterocycles. The van der Waals surface area contributed by atoms with Gasteiger partial charge in [0.25, 0.3) is 5.69 Å². The number of nitro groups is 1. The minimum atomic E-state index is -0.359. The molecule has 1 aromatic heterocycles. The first-order chi connectivity index (χ1) is 10.3. The second kappa shape index (κ2) is 5.58. The number of aromatic nitrogens is 1. The standard InChI is InChI=1S/C16H13N3O2/c20-19(21)16-8-4-1-5-12(16)11-18-15-9-10-17-14-7-3-2-6-13(14)15/h1-10H,11H2,(H,17,18). The van der Waals surface area contributed by atoms with Crippen LogP contribution in [0.3, 0.4) is 0 Å². The fraction of sp³-hybridized carbons (Fsp3) is 0.0625. The lowest BCUT2D eigenvalue weighted by atomic mass is 10.1. The van der Waals surface area contributed by atoms with Crippen molar-refractivity contribution in [2.45, 2.75) is 6.54 Å². The van der Waals surface area contributed by atoms with Crippen molar-refractivity contribution in [1.82, 2.24) is 4.98 Å². The van der Waals surface area contributed by atoms with Gasteiger partial charge in [-0.05, 0) is 12.1 Å². The number of pyridine rings is 1. The SMILES string of the molecule is O=[N+]([O-])c1ccccc1CNc1ccnc2ccccc12. The third-order valence-corrected chi connectivity index (χ3v) is 3.31. The molecule has 1 N–H and O–H groups in total. The Morgan fingerprint density at radius 3 is 2.67 bits per heavy atom. The first-order valence-corrected chi connectivity index (χ1v) is 6.55. The number of hydrogen-bond acceptors (Lipinski definition) is 4. The quantitative estimate of drug-likeness (QED) is 0.583. The van der Waals surface area contributed by atoms with Gasteiger partial charge in [-0.1, -0.05) is 36.4 Å². The van der Waals surface area contributed by atoms with Gasteiger partial charge in [0.15, 0.2) is 0 Å². The summed E-state index contributed by atoms with van der Waals surface area (Å²) in [5.41, 5.74) is 2.59. The maximum atomic E-state index is 11.0. The number of para-hydroxylation sites is 2. The molecule has 0 aliphatic rings. The summed E-state index contributed by atoms with van der Waals surface area (Å²) in [4.78, 5) is 14.9. The van der Waals surface area contributed by atoms with Gasteiger partial charge in [-0.25, -0.2) is 0 Å². The number of nitrogens with one attached hydrogen (secondary N) is 1. The Morgan fingerprint density at radius 2 is 1.81 bits per heavy atom. The molecule has 2 aromatic carbocycles. The summed E-state index contributed by atoms with van der Waals surface area (Å²) in [7, 11) is 0. The molecule has 1 heterocycles. The molecule has 0 aliphatic heterocycles. The monoisotopic (exact) mass is 279 g/mol. The molecular weight excluding hydrogens is 266 g/mol. The molecular formula is C16H13N3O2. The van der Waals surface area contributed by atoms with Crippen LogP contribution in [0.25, 0.3) is 10.9 Å². The summed E-state index contributed by atoms with van der Waals surface area (Å²) in [5.74, 6) is 0. The fourth-order valence-corrected chi connectivity index (χ4v) is 2.28. The lowest BCUT2D eigenvalue weighted by Crippen LogP contribution is -2.03. The number of nitrogens with zero attached hydrogens (tertiary/aromatic N) is 2. The molecule has 0 aliphatic carbocycles. The zero-order chi connectivity index (χ0) is 14.7. The summed E-state index contributed by atoms with van der Waals surface area (Å²) in [6.45, 7) is 0.394. The Labute approximate surface area is 121 Å². The Morgan fingerprint density at radius 1 is 1.05 bits per heavy atom. The molecule has 0 atom stereocenters. The van der Waals surface area contributed by atoms with Crippen LogP contribution < -0.4 is 5.32 Å². The van der Waals surface area contributed by atoms with Gasteiger partial charge in [-0.3, -0.25) is 15.1 Å². The Kier molecular flexibility index (Phi) is 3.47. The van der Waals surface area contributed by atoms with Crippen LogP contribution in [0.1, 0.15) is 5.56 Å². The maximum absolute atomic E-state index is 11.0. The van der Waals surface area contributed by atoms with E-state index in [2.05, 4.69) is 10.3 Å². The second-order valence-corrected chi connectivity index (χ2v) is 4.62. The van der Waals surface area contributed by atoms with E-state index >= 15 is 0 Å². The van der Waals surface area contributed by atoms with Gasteiger partial charge in [0, 0.05) is 35.4 Å². The minimum Gasteiger partial charge on any atom is -0.380 e. The average molecular weight is 279 g/mol. The van der Waals surface area contributed by atoms with Crippen LogP contribution >= 0.6 is 0 Å². The first kappa shape index (κ1) is 13.1. The van der Waals surface area contributed by atoms with Gasteiger partial charge in [0.2, 0.25) is 0 Å². The van der Waals surface area contributed by atoms with Gasteiger partial charge in [-0.15, -0.1) is 0 Å². The normalized spacial score (nSPS) is 10.5. The summed E-state index contributed by atoms with van der Waals surface area (Å²) in [6, 6.07) is 16.4. The molecule has 0 radical (unpaired) electrons. The van der Waals surface area contributed by atoms with Crippen molar-refractivity contribution in [2.75, 3.05) is 5.32 Å². The molecule has 5 heteroatoms. The first-order valence-electron chi connectivity index (χ1n) is 6.55. The van der Waals surface area contributed by atoms with Crippen molar-refractivity contribution in [3.63, 3.8) is 0 Å². The molecule has 0 saturated carbocycles. The van der Waals surface area contributed by atoms with E-state index in [0.29, 0.717) is 12.1 Å². The van der Waals surface area contributed by atoms with Gasteiger partial charge >= 0.3 is 0 Å². The zero-order valence-corrected chi connectivity index (χ0v) is 11.2. The average Bonchev–Trinajstić information content (AvgIpc) is 2.53. The van der Waals surface area contributed by atoms with Crippen molar-refractivity contribution >= 4 is 22.3 Å². The van der Waals surface area contributed by atoms with Gasteiger partial charge in [-0.2, -0.15) is 0 Å². The number of anilines is 1. The van der Waals surface area contributed by atoms with Crippen LogP contribution in [-0.2, 0) is 6.54 Å². The van der Waals surface area contributed by atoms with Gasteiger partial charge in [0.1, 0.15) is 0 Å². The number of hydrogen-bond donors (Lipinski definition) is 1. The summed E-state index contributed by atoms with van der Waals surface area (Å²) in [6.07, 6.45) is 1.73. The highest BCUT2D eigenvalue weighted by Crippen LogP contribution is 2.23. The Balaban J connectivity index is 1.89. The third-order valence-electron chi connectivity index (χ3n) is 3.31. The smallest absolute Gasteiger partial charge is 0.274 e. The van der Waals surface area contributed by atoms with E-state index in [1.165, 1.54) is 6.07 Å². The lowest BCUT2D eigenvalue weighted by Gasteiger charge is -2.09. The van der Waals surface area contributed by atoms with Crippen molar-refractivity contribution in [3.8, 4) is 0 Å². The van der Waals surface area contributed by atoms with E-state index < -0.39 is 0 Å². The molecule has 0 spiro atoms. The van der Waals surface area contributed by atoms with Crippen LogP contribution in [0.2, 0.25) is 0 Å². The fourth-order valence-electron chi connectivity index (χ4n) is 2.28. The maximum Gasteiger partial charge on any atom is 0.274 e. The van der Waals surface area contributed by atoms with E-state index in [1.54, 1.807) is 24.4 Å². The van der Waals surface area contributed by atoms with Crippen molar-refractivity contribution in [3.05, 3.63) is 76.5 Å². The topological polar surface area (TPSA) is 68.1 Å². The van der Waals surface area contributed by atoms with Crippen molar-refractivity contribution < 1.29 is 4.92 Å². The molecule has 21 heavy (non-hydrogen) atoms. The second-order valence-electron chi connectivity index (χ2n) is 4.62. The summed E-state index contributed by atoms with van der Waals surface area (Å²) < 4.78 is 0. The third kappa shape index (κ3) is 2.67. The Hall–Kier alpha value is -2.95. The number of benzene rings is 2. The van der Waals surface area contributed by atoms with Crippen LogP contribution in [0, 0.1) is 10.1 Å². The highest BCUT2D eigenvalue weighted by atomic mass is 16.6. The number of rotatable bonds is 4. The van der Waals surface area contributed by atoms with E-state index in [1.807, 2.05) is 30.3 Å². The van der Waals surface area contributed by atoms with Gasteiger partial charge in [0.05, 0.1) is 10.4 Å². The molecule has 5 nitrogen and oxygen atoms in total. The van der Waals surface area contributed by atoms with Crippen LogP contribution in [0.15, 0.2) is 60.8 Å². The van der Waals surface area contributed by atoms with E-state index in [-0.39, 0.29) is 10.6 Å².